The first-order chi connectivity index (χ1) is 13.0. The van der Waals surface area contributed by atoms with Gasteiger partial charge in [0.25, 0.3) is 0 Å². The number of amides is 1. The van der Waals surface area contributed by atoms with E-state index >= 15 is 0 Å². The van der Waals surface area contributed by atoms with Crippen LogP contribution in [0.1, 0.15) is 44.7 Å². The average molecular weight is 374 g/mol. The molecule has 1 aromatic rings. The number of hydrogen-bond donors (Lipinski definition) is 1. The highest BCUT2D eigenvalue weighted by atomic mass is 16.5. The van der Waals surface area contributed by atoms with E-state index in [4.69, 9.17) is 4.74 Å². The summed E-state index contributed by atoms with van der Waals surface area (Å²) in [5, 5.41) is 3.17. The van der Waals surface area contributed by atoms with Crippen molar-refractivity contribution in [1.82, 2.24) is 15.1 Å². The molecule has 5 heteroatoms. The van der Waals surface area contributed by atoms with Crippen molar-refractivity contribution in [1.29, 1.82) is 0 Å². The van der Waals surface area contributed by atoms with Gasteiger partial charge in [-0.25, -0.2) is 0 Å². The van der Waals surface area contributed by atoms with Gasteiger partial charge in [-0.3, -0.25) is 14.6 Å². The quantitative estimate of drug-likeness (QED) is 0.722. The Morgan fingerprint density at radius 2 is 1.81 bits per heavy atom. The zero-order valence-corrected chi connectivity index (χ0v) is 17.2. The number of aryl methyl sites for hydroxylation is 1. The fourth-order valence-electron chi connectivity index (χ4n) is 3.70. The van der Waals surface area contributed by atoms with Gasteiger partial charge in [0.2, 0.25) is 5.91 Å². The molecule has 0 bridgehead atoms. The van der Waals surface area contributed by atoms with Crippen molar-refractivity contribution in [2.24, 2.45) is 0 Å². The van der Waals surface area contributed by atoms with Gasteiger partial charge in [-0.1, -0.05) is 31.2 Å². The van der Waals surface area contributed by atoms with Gasteiger partial charge in [0.1, 0.15) is 0 Å². The van der Waals surface area contributed by atoms with Crippen molar-refractivity contribution in [3.8, 4) is 0 Å². The maximum Gasteiger partial charge on any atom is 0.234 e. The molecule has 2 fully saturated rings. The van der Waals surface area contributed by atoms with E-state index in [1.807, 2.05) is 0 Å². The van der Waals surface area contributed by atoms with E-state index in [1.165, 1.54) is 24.0 Å². The van der Waals surface area contributed by atoms with Gasteiger partial charge in [-0.15, -0.1) is 0 Å². The maximum absolute atomic E-state index is 12.6. The Morgan fingerprint density at radius 1 is 1.19 bits per heavy atom. The molecule has 1 amide bonds. The number of nitrogens with one attached hydrogen (secondary N) is 1. The Hall–Kier alpha value is -1.43. The van der Waals surface area contributed by atoms with Gasteiger partial charge in [0.15, 0.2) is 0 Å². The van der Waals surface area contributed by atoms with E-state index in [0.717, 1.165) is 39.3 Å². The van der Waals surface area contributed by atoms with Crippen LogP contribution in [-0.4, -0.2) is 66.7 Å². The molecule has 1 heterocycles. The molecule has 1 aliphatic heterocycles. The Kier molecular flexibility index (Phi) is 6.90. The molecule has 0 unspecified atom stereocenters. The number of benzene rings is 1. The van der Waals surface area contributed by atoms with Crippen molar-refractivity contribution >= 4 is 5.91 Å². The molecule has 150 valence electrons. The highest BCUT2D eigenvalue weighted by Crippen LogP contribution is 2.28. The lowest BCUT2D eigenvalue weighted by atomic mass is 10.0. The maximum atomic E-state index is 12.6. The SMILES string of the molecule is CCc1ccc(CN(CC(=O)NCC(C)(C)N2CCOCC2)C2CC2)cc1. The van der Waals surface area contributed by atoms with Crippen LogP contribution in [0.5, 0.6) is 0 Å². The molecule has 0 radical (unpaired) electrons. The van der Waals surface area contributed by atoms with E-state index in [2.05, 4.69) is 60.2 Å². The highest BCUT2D eigenvalue weighted by Gasteiger charge is 2.32. The molecule has 1 saturated carbocycles. The number of rotatable bonds is 9. The number of carbonyl (C=O) groups excluding carboxylic acids is 1. The highest BCUT2D eigenvalue weighted by molar-refractivity contribution is 5.78. The van der Waals surface area contributed by atoms with Crippen molar-refractivity contribution in [3.05, 3.63) is 35.4 Å². The van der Waals surface area contributed by atoms with Crippen molar-refractivity contribution in [3.63, 3.8) is 0 Å². The van der Waals surface area contributed by atoms with Crippen molar-refractivity contribution in [2.75, 3.05) is 39.4 Å². The Morgan fingerprint density at radius 3 is 2.41 bits per heavy atom. The third-order valence-electron chi connectivity index (χ3n) is 5.81. The zero-order chi connectivity index (χ0) is 19.3. The summed E-state index contributed by atoms with van der Waals surface area (Å²) in [4.78, 5) is 17.3. The zero-order valence-electron chi connectivity index (χ0n) is 17.2. The van der Waals surface area contributed by atoms with Crippen LogP contribution >= 0.6 is 0 Å². The molecular weight excluding hydrogens is 338 g/mol. The third kappa shape index (κ3) is 6.03. The summed E-state index contributed by atoms with van der Waals surface area (Å²) < 4.78 is 5.44. The van der Waals surface area contributed by atoms with E-state index in [9.17, 15) is 4.79 Å². The van der Waals surface area contributed by atoms with Crippen LogP contribution in [0, 0.1) is 0 Å². The van der Waals surface area contributed by atoms with Crippen molar-refractivity contribution < 1.29 is 9.53 Å². The van der Waals surface area contributed by atoms with Crippen LogP contribution < -0.4 is 5.32 Å². The number of nitrogens with zero attached hydrogens (tertiary/aromatic N) is 2. The molecule has 5 nitrogen and oxygen atoms in total. The molecule has 1 aromatic carbocycles. The number of morpholine rings is 1. The van der Waals surface area contributed by atoms with Gasteiger partial charge < -0.3 is 10.1 Å². The number of ether oxygens (including phenoxy) is 1. The molecule has 3 rings (SSSR count). The standard InChI is InChI=1S/C22H35N3O2/c1-4-18-5-7-19(8-6-18)15-24(20-9-10-20)16-21(26)23-17-22(2,3)25-11-13-27-14-12-25/h5-8,20H,4,9-17H2,1-3H3,(H,23,26). The summed E-state index contributed by atoms with van der Waals surface area (Å²) in [5.41, 5.74) is 2.61. The second-order valence-corrected chi connectivity index (χ2v) is 8.49. The molecular formula is C22H35N3O2. The molecule has 27 heavy (non-hydrogen) atoms. The predicted octanol–water partition coefficient (Wildman–Crippen LogP) is 2.44. The van der Waals surface area contributed by atoms with Crippen LogP contribution in [0.15, 0.2) is 24.3 Å². The van der Waals surface area contributed by atoms with Crippen LogP contribution in [0.4, 0.5) is 0 Å². The summed E-state index contributed by atoms with van der Waals surface area (Å²) in [6, 6.07) is 9.37. The minimum atomic E-state index is -0.0418. The molecule has 1 saturated heterocycles. The summed E-state index contributed by atoms with van der Waals surface area (Å²) in [5.74, 6) is 0.133. The monoisotopic (exact) mass is 373 g/mol. The number of carbonyl (C=O) groups is 1. The van der Waals surface area contributed by atoms with Gasteiger partial charge in [0, 0.05) is 37.8 Å². The van der Waals surface area contributed by atoms with Crippen LogP contribution in [0.25, 0.3) is 0 Å². The van der Waals surface area contributed by atoms with Crippen LogP contribution in [0.3, 0.4) is 0 Å². The minimum Gasteiger partial charge on any atom is -0.379 e. The first kappa shape index (κ1) is 20.3. The molecule has 2 aliphatic rings. The van der Waals surface area contributed by atoms with Gasteiger partial charge in [-0.2, -0.15) is 0 Å². The molecule has 0 aromatic heterocycles. The van der Waals surface area contributed by atoms with E-state index in [1.54, 1.807) is 0 Å². The van der Waals surface area contributed by atoms with Crippen LogP contribution in [0.2, 0.25) is 0 Å². The van der Waals surface area contributed by atoms with E-state index in [0.29, 0.717) is 19.1 Å². The molecule has 0 spiro atoms. The normalized spacial score (nSPS) is 18.7. The lowest BCUT2D eigenvalue weighted by molar-refractivity contribution is -0.123. The lowest BCUT2D eigenvalue weighted by Gasteiger charge is -2.41. The second kappa shape index (κ2) is 9.18. The topological polar surface area (TPSA) is 44.8 Å². The fourth-order valence-corrected chi connectivity index (χ4v) is 3.70. The van der Waals surface area contributed by atoms with Crippen LogP contribution in [-0.2, 0) is 22.5 Å². The molecule has 1 N–H and O–H groups in total. The summed E-state index contributed by atoms with van der Waals surface area (Å²) in [6.07, 6.45) is 3.48. The molecule has 0 atom stereocenters. The van der Waals surface area contributed by atoms with Gasteiger partial charge in [-0.05, 0) is 44.2 Å². The van der Waals surface area contributed by atoms with E-state index in [-0.39, 0.29) is 11.4 Å². The molecule has 1 aliphatic carbocycles. The first-order valence-corrected chi connectivity index (χ1v) is 10.4. The Balaban J connectivity index is 1.49. The van der Waals surface area contributed by atoms with Gasteiger partial charge in [0.05, 0.1) is 19.8 Å². The first-order valence-electron chi connectivity index (χ1n) is 10.4. The summed E-state index contributed by atoms with van der Waals surface area (Å²) in [7, 11) is 0. The van der Waals surface area contributed by atoms with Gasteiger partial charge >= 0.3 is 0 Å². The lowest BCUT2D eigenvalue weighted by Crippen LogP contribution is -2.56. The number of hydrogen-bond acceptors (Lipinski definition) is 4. The smallest absolute Gasteiger partial charge is 0.234 e. The minimum absolute atomic E-state index is 0.0418. The second-order valence-electron chi connectivity index (χ2n) is 8.49. The summed E-state index contributed by atoms with van der Waals surface area (Å²) >= 11 is 0. The van der Waals surface area contributed by atoms with E-state index < -0.39 is 0 Å². The largest absolute Gasteiger partial charge is 0.379 e. The van der Waals surface area contributed by atoms with Crippen molar-refractivity contribution in [2.45, 2.75) is 58.2 Å². The Labute approximate surface area is 164 Å². The predicted molar refractivity (Wildman–Crippen MR) is 109 cm³/mol. The fraction of sp³-hybridized carbons (Fsp3) is 0.682. The summed E-state index contributed by atoms with van der Waals surface area (Å²) in [6.45, 7) is 12.0. The third-order valence-corrected chi connectivity index (χ3v) is 5.81. The Bertz CT molecular complexity index is 604. The average Bonchev–Trinajstić information content (AvgIpc) is 3.52.